The van der Waals surface area contributed by atoms with E-state index >= 15 is 0 Å². The molecule has 8 heteroatoms. The first kappa shape index (κ1) is 22.3. The third-order valence-corrected chi connectivity index (χ3v) is 9.90. The van der Waals surface area contributed by atoms with Crippen LogP contribution < -0.4 is 11.1 Å². The van der Waals surface area contributed by atoms with Crippen molar-refractivity contribution in [2.24, 2.45) is 5.73 Å². The number of benzene rings is 1. The van der Waals surface area contributed by atoms with Crippen LogP contribution in [0.1, 0.15) is 37.6 Å². The van der Waals surface area contributed by atoms with Gasteiger partial charge in [0.25, 0.3) is 5.91 Å². The maximum Gasteiger partial charge on any atom is 0.252 e. The number of hydrogen-bond donors (Lipinski definition) is 2. The molecule has 0 saturated carbocycles. The smallest absolute Gasteiger partial charge is 0.252 e. The van der Waals surface area contributed by atoms with E-state index in [4.69, 9.17) is 10.2 Å². The number of carbonyl (C=O) groups excluding carboxylic acids is 2. The topological polar surface area (TPSA) is 81.4 Å². The maximum absolute atomic E-state index is 12.4. The van der Waals surface area contributed by atoms with Gasteiger partial charge in [0.1, 0.15) is 6.04 Å². The van der Waals surface area contributed by atoms with Crippen LogP contribution in [0.2, 0.25) is 18.1 Å². The van der Waals surface area contributed by atoms with Crippen LogP contribution in [0.5, 0.6) is 0 Å². The molecule has 0 aliphatic heterocycles. The Hall–Kier alpha value is -0.703. The second kappa shape index (κ2) is 8.79. The molecule has 3 N–H and O–H groups in total. The Kier molecular flexibility index (Phi) is 7.86. The molecule has 140 valence electrons. The molecule has 1 atom stereocenters. The molecule has 5 nitrogen and oxygen atoms in total. The maximum atomic E-state index is 12.4. The lowest BCUT2D eigenvalue weighted by Crippen LogP contribution is -2.47. The van der Waals surface area contributed by atoms with Crippen LogP contribution in [0, 0.1) is 0 Å². The molecular formula is C17H26Br2N2O3Si. The first-order valence-electron chi connectivity index (χ1n) is 8.04. The Morgan fingerprint density at radius 1 is 1.20 bits per heavy atom. The van der Waals surface area contributed by atoms with E-state index in [9.17, 15) is 9.59 Å². The summed E-state index contributed by atoms with van der Waals surface area (Å²) in [5.41, 5.74) is 5.88. The largest absolute Gasteiger partial charge is 0.417 e. The summed E-state index contributed by atoms with van der Waals surface area (Å²) < 4.78 is 7.60. The van der Waals surface area contributed by atoms with E-state index in [-0.39, 0.29) is 10.9 Å². The number of rotatable bonds is 7. The van der Waals surface area contributed by atoms with Gasteiger partial charge in [-0.15, -0.1) is 0 Å². The van der Waals surface area contributed by atoms with E-state index in [0.717, 1.165) is 8.95 Å². The third kappa shape index (κ3) is 6.84. The van der Waals surface area contributed by atoms with Crippen LogP contribution in [-0.4, -0.2) is 32.8 Å². The summed E-state index contributed by atoms with van der Waals surface area (Å²) in [6, 6.07) is 4.43. The molecular weight excluding hydrogens is 468 g/mol. The van der Waals surface area contributed by atoms with Crippen molar-refractivity contribution in [2.75, 3.05) is 6.61 Å². The first-order chi connectivity index (χ1) is 11.3. The highest BCUT2D eigenvalue weighted by Gasteiger charge is 2.37. The highest BCUT2D eigenvalue weighted by Crippen LogP contribution is 2.36. The number of hydrogen-bond acceptors (Lipinski definition) is 3. The molecule has 1 rings (SSSR count). The van der Waals surface area contributed by atoms with E-state index < -0.39 is 20.3 Å². The van der Waals surface area contributed by atoms with Crippen molar-refractivity contribution >= 4 is 52.0 Å². The summed E-state index contributed by atoms with van der Waals surface area (Å²) in [4.78, 5) is 24.1. The fourth-order valence-corrected chi connectivity index (χ4v) is 4.22. The first-order valence-corrected chi connectivity index (χ1v) is 12.5. The van der Waals surface area contributed by atoms with E-state index in [1.807, 2.05) is 6.07 Å². The molecule has 0 bridgehead atoms. The van der Waals surface area contributed by atoms with E-state index in [1.165, 1.54) is 0 Å². The van der Waals surface area contributed by atoms with Gasteiger partial charge in [0, 0.05) is 21.1 Å². The third-order valence-electron chi connectivity index (χ3n) is 4.45. The zero-order chi connectivity index (χ0) is 19.4. The lowest BCUT2D eigenvalue weighted by molar-refractivity contribution is -0.120. The fraction of sp³-hybridized carbons (Fsp3) is 0.529. The van der Waals surface area contributed by atoms with Gasteiger partial charge in [-0.3, -0.25) is 9.59 Å². The molecule has 25 heavy (non-hydrogen) atoms. The molecule has 0 saturated heterocycles. The molecule has 0 aliphatic carbocycles. The van der Waals surface area contributed by atoms with Crippen LogP contribution in [0.25, 0.3) is 0 Å². The molecule has 1 aromatic rings. The number of nitrogens with two attached hydrogens (primary N) is 1. The summed E-state index contributed by atoms with van der Waals surface area (Å²) in [6.45, 7) is 11.1. The Morgan fingerprint density at radius 3 is 2.16 bits per heavy atom. The van der Waals surface area contributed by atoms with Crippen molar-refractivity contribution in [2.45, 2.75) is 51.4 Å². The number of halogens is 2. The number of primary amides is 1. The highest BCUT2D eigenvalue weighted by atomic mass is 79.9. The van der Waals surface area contributed by atoms with E-state index in [0.29, 0.717) is 18.6 Å². The standard InChI is InChI=1S/C17H26Br2N2O3Si/c1-17(2,3)25(4,5)24-7-6-14(15(20)22)21-16(23)11-8-12(18)10-13(19)9-11/h8-10,14H,6-7H2,1-5H3,(H2,20,22)(H,21,23)/t14-/m0/s1. The monoisotopic (exact) mass is 492 g/mol. The predicted octanol–water partition coefficient (Wildman–Crippen LogP) is 4.21. The molecule has 0 radical (unpaired) electrons. The van der Waals surface area contributed by atoms with Crippen LogP contribution in [0.3, 0.4) is 0 Å². The normalized spacial score (nSPS) is 13.4. The van der Waals surface area contributed by atoms with Gasteiger partial charge in [-0.25, -0.2) is 0 Å². The minimum absolute atomic E-state index is 0.0844. The van der Waals surface area contributed by atoms with Crippen LogP contribution in [0.4, 0.5) is 0 Å². The average Bonchev–Trinajstić information content (AvgIpc) is 2.43. The quantitative estimate of drug-likeness (QED) is 0.558. The predicted molar refractivity (Wildman–Crippen MR) is 110 cm³/mol. The second-order valence-electron chi connectivity index (χ2n) is 7.48. The summed E-state index contributed by atoms with van der Waals surface area (Å²) >= 11 is 6.68. The summed E-state index contributed by atoms with van der Waals surface area (Å²) in [5, 5.41) is 2.78. The molecule has 0 unspecified atom stereocenters. The minimum atomic E-state index is -1.90. The molecule has 0 spiro atoms. The average molecular weight is 494 g/mol. The summed E-state index contributed by atoms with van der Waals surface area (Å²) in [6.07, 6.45) is 0.350. The van der Waals surface area contributed by atoms with Crippen molar-refractivity contribution in [1.82, 2.24) is 5.32 Å². The summed E-state index contributed by atoms with van der Waals surface area (Å²) in [7, 11) is -1.90. The molecule has 0 heterocycles. The highest BCUT2D eigenvalue weighted by molar-refractivity contribution is 9.11. The van der Waals surface area contributed by atoms with Gasteiger partial charge in [0.05, 0.1) is 0 Å². The second-order valence-corrected chi connectivity index (χ2v) is 14.1. The molecule has 1 aromatic carbocycles. The van der Waals surface area contributed by atoms with Crippen molar-refractivity contribution in [3.63, 3.8) is 0 Å². The van der Waals surface area contributed by atoms with Gasteiger partial charge < -0.3 is 15.5 Å². The molecule has 0 aromatic heterocycles. The fourth-order valence-electron chi connectivity index (χ4n) is 1.86. The van der Waals surface area contributed by atoms with Gasteiger partial charge >= 0.3 is 0 Å². The van der Waals surface area contributed by atoms with Gasteiger partial charge in [0.15, 0.2) is 8.32 Å². The SMILES string of the molecule is CC(C)(C)[Si](C)(C)OCC[C@H](NC(=O)c1cc(Br)cc(Br)c1)C(N)=O. The van der Waals surface area contributed by atoms with Gasteiger partial charge in [-0.05, 0) is 42.8 Å². The van der Waals surface area contributed by atoms with Crippen molar-refractivity contribution in [1.29, 1.82) is 0 Å². The van der Waals surface area contributed by atoms with E-state index in [2.05, 4.69) is 71.0 Å². The van der Waals surface area contributed by atoms with Crippen LogP contribution in [0.15, 0.2) is 27.1 Å². The molecule has 0 aliphatic rings. The molecule has 2 amide bonds. The van der Waals surface area contributed by atoms with Crippen molar-refractivity contribution in [3.05, 3.63) is 32.7 Å². The zero-order valence-corrected chi connectivity index (χ0v) is 19.5. The zero-order valence-electron chi connectivity index (χ0n) is 15.3. The Labute approximate surface area is 167 Å². The number of nitrogens with one attached hydrogen (secondary N) is 1. The Morgan fingerprint density at radius 2 is 1.72 bits per heavy atom. The lowest BCUT2D eigenvalue weighted by Gasteiger charge is -2.36. The van der Waals surface area contributed by atoms with Gasteiger partial charge in [-0.2, -0.15) is 0 Å². The van der Waals surface area contributed by atoms with Crippen LogP contribution in [-0.2, 0) is 9.22 Å². The van der Waals surface area contributed by atoms with Gasteiger partial charge in [0.2, 0.25) is 5.91 Å². The Balaban J connectivity index is 2.72. The van der Waals surface area contributed by atoms with E-state index in [1.54, 1.807) is 12.1 Å². The van der Waals surface area contributed by atoms with Crippen LogP contribution >= 0.6 is 31.9 Å². The lowest BCUT2D eigenvalue weighted by atomic mass is 10.1. The van der Waals surface area contributed by atoms with Crippen molar-refractivity contribution < 1.29 is 14.0 Å². The Bertz CT molecular complexity index is 625. The van der Waals surface area contributed by atoms with Gasteiger partial charge in [-0.1, -0.05) is 52.6 Å². The number of amides is 2. The van der Waals surface area contributed by atoms with Crippen molar-refractivity contribution in [3.8, 4) is 0 Å². The molecule has 0 fully saturated rings. The summed E-state index contributed by atoms with van der Waals surface area (Å²) in [5.74, 6) is -0.917. The number of carbonyl (C=O) groups is 2. The minimum Gasteiger partial charge on any atom is -0.417 e.